The van der Waals surface area contributed by atoms with Gasteiger partial charge in [-0.2, -0.15) is 0 Å². The summed E-state index contributed by atoms with van der Waals surface area (Å²) in [6.45, 7) is 5.72. The van der Waals surface area contributed by atoms with Crippen LogP contribution in [0.4, 0.5) is 0 Å². The molecule has 5 nitrogen and oxygen atoms in total. The minimum atomic E-state index is -0.191. The van der Waals surface area contributed by atoms with Crippen molar-refractivity contribution >= 4 is 39.2 Å². The Balaban J connectivity index is 1.62. The molecule has 120 valence electrons. The lowest BCUT2D eigenvalue weighted by atomic mass is 10.2. The molecule has 0 atom stereocenters. The third-order valence-electron chi connectivity index (χ3n) is 3.53. The van der Waals surface area contributed by atoms with Crippen molar-refractivity contribution in [3.63, 3.8) is 0 Å². The van der Waals surface area contributed by atoms with Crippen LogP contribution in [0.5, 0.6) is 0 Å². The van der Waals surface area contributed by atoms with Crippen molar-refractivity contribution in [1.82, 2.24) is 10.6 Å². The maximum atomic E-state index is 12.0. The summed E-state index contributed by atoms with van der Waals surface area (Å²) in [5.41, 5.74) is 0.588. The molecule has 0 bridgehead atoms. The van der Waals surface area contributed by atoms with E-state index in [1.54, 1.807) is 17.0 Å². The van der Waals surface area contributed by atoms with Crippen LogP contribution in [0.3, 0.4) is 0 Å². The summed E-state index contributed by atoms with van der Waals surface area (Å²) >= 11 is 8.49. The normalized spacial score (nSPS) is 15.3. The van der Waals surface area contributed by atoms with Crippen LogP contribution in [0.15, 0.2) is 28.7 Å². The number of benzene rings is 1. The third-order valence-corrected chi connectivity index (χ3v) is 4.30. The van der Waals surface area contributed by atoms with E-state index in [1.807, 2.05) is 12.1 Å². The number of ether oxygens (including phenoxy) is 1. The Bertz CT molecular complexity index is 504. The fourth-order valence-corrected chi connectivity index (χ4v) is 2.73. The third kappa shape index (κ3) is 6.00. The predicted molar refractivity (Wildman–Crippen MR) is 93.2 cm³/mol. The van der Waals surface area contributed by atoms with Gasteiger partial charge in [0.1, 0.15) is 13.1 Å². The summed E-state index contributed by atoms with van der Waals surface area (Å²) in [5.74, 6) is -0.191. The van der Waals surface area contributed by atoms with Gasteiger partial charge in [0.15, 0.2) is 5.11 Å². The molecular formula is C15H21BrN3O2S+. The molecule has 0 saturated carbocycles. The van der Waals surface area contributed by atoms with Crippen LogP contribution in [-0.4, -0.2) is 50.4 Å². The Morgan fingerprint density at radius 3 is 2.64 bits per heavy atom. The maximum absolute atomic E-state index is 12.0. The molecule has 0 aliphatic carbocycles. The van der Waals surface area contributed by atoms with E-state index in [9.17, 15) is 4.79 Å². The zero-order chi connectivity index (χ0) is 15.8. The smallest absolute Gasteiger partial charge is 0.257 e. The quantitative estimate of drug-likeness (QED) is 0.505. The lowest BCUT2D eigenvalue weighted by Crippen LogP contribution is -3.14. The standard InChI is InChI=1S/C15H20BrN3O2S/c16-13-4-2-12(3-5-13)14(20)18-15(22)17-6-1-7-19-8-10-21-11-9-19/h2-5H,1,6-11H2,(H2,17,18,20,22)/p+1. The van der Waals surface area contributed by atoms with E-state index in [-0.39, 0.29) is 5.91 Å². The first-order chi connectivity index (χ1) is 10.6. The van der Waals surface area contributed by atoms with E-state index in [0.717, 1.165) is 50.3 Å². The number of halogens is 1. The molecule has 0 spiro atoms. The van der Waals surface area contributed by atoms with Gasteiger partial charge >= 0.3 is 0 Å². The van der Waals surface area contributed by atoms with Gasteiger partial charge in [0.05, 0.1) is 19.8 Å². The lowest BCUT2D eigenvalue weighted by Gasteiger charge is -2.23. The summed E-state index contributed by atoms with van der Waals surface area (Å²) in [5, 5.41) is 6.15. The Morgan fingerprint density at radius 1 is 1.27 bits per heavy atom. The molecular weight excluding hydrogens is 366 g/mol. The van der Waals surface area contributed by atoms with Crippen LogP contribution >= 0.6 is 28.1 Å². The summed E-state index contributed by atoms with van der Waals surface area (Å²) in [6.07, 6.45) is 1.02. The van der Waals surface area contributed by atoms with Gasteiger partial charge < -0.3 is 15.0 Å². The summed E-state index contributed by atoms with van der Waals surface area (Å²) < 4.78 is 6.27. The first-order valence-corrected chi connectivity index (χ1v) is 8.61. The summed E-state index contributed by atoms with van der Waals surface area (Å²) in [6, 6.07) is 7.17. The van der Waals surface area contributed by atoms with Crippen molar-refractivity contribution in [2.24, 2.45) is 0 Å². The molecule has 1 aromatic carbocycles. The largest absolute Gasteiger partial charge is 0.370 e. The Morgan fingerprint density at radius 2 is 1.95 bits per heavy atom. The van der Waals surface area contributed by atoms with Gasteiger partial charge in [0, 0.05) is 23.0 Å². The number of hydrogen-bond donors (Lipinski definition) is 3. The number of carbonyl (C=O) groups excluding carboxylic acids is 1. The first-order valence-electron chi connectivity index (χ1n) is 7.41. The number of amides is 1. The highest BCUT2D eigenvalue weighted by atomic mass is 79.9. The molecule has 1 heterocycles. The van der Waals surface area contributed by atoms with E-state index in [0.29, 0.717) is 10.7 Å². The average Bonchev–Trinajstić information content (AvgIpc) is 2.53. The van der Waals surface area contributed by atoms with Crippen LogP contribution in [0, 0.1) is 0 Å². The van der Waals surface area contributed by atoms with Crippen molar-refractivity contribution in [3.05, 3.63) is 34.3 Å². The van der Waals surface area contributed by atoms with Gasteiger partial charge in [-0.3, -0.25) is 10.1 Å². The Labute approximate surface area is 144 Å². The molecule has 1 amide bonds. The molecule has 3 N–H and O–H groups in total. The van der Waals surface area contributed by atoms with E-state index >= 15 is 0 Å². The van der Waals surface area contributed by atoms with Gasteiger partial charge in [-0.05, 0) is 36.5 Å². The fourth-order valence-electron chi connectivity index (χ4n) is 2.27. The second-order valence-electron chi connectivity index (χ2n) is 5.18. The minimum absolute atomic E-state index is 0.191. The second-order valence-corrected chi connectivity index (χ2v) is 6.51. The van der Waals surface area contributed by atoms with E-state index < -0.39 is 0 Å². The van der Waals surface area contributed by atoms with Crippen LogP contribution in [0.1, 0.15) is 16.8 Å². The van der Waals surface area contributed by atoms with E-state index in [4.69, 9.17) is 17.0 Å². The van der Waals surface area contributed by atoms with Crippen LogP contribution in [0.25, 0.3) is 0 Å². The van der Waals surface area contributed by atoms with E-state index in [1.165, 1.54) is 0 Å². The minimum Gasteiger partial charge on any atom is -0.370 e. The van der Waals surface area contributed by atoms with Gasteiger partial charge in [0.25, 0.3) is 5.91 Å². The highest BCUT2D eigenvalue weighted by Gasteiger charge is 2.13. The molecule has 1 saturated heterocycles. The van der Waals surface area contributed by atoms with Crippen LogP contribution < -0.4 is 15.5 Å². The Hall–Kier alpha value is -1.02. The predicted octanol–water partition coefficient (Wildman–Crippen LogP) is 0.359. The number of thiocarbonyl (C=S) groups is 1. The molecule has 0 aromatic heterocycles. The van der Waals surface area contributed by atoms with Crippen LogP contribution in [0.2, 0.25) is 0 Å². The number of quaternary nitrogens is 1. The van der Waals surface area contributed by atoms with Gasteiger partial charge in [0.2, 0.25) is 0 Å². The molecule has 1 aliphatic heterocycles. The topological polar surface area (TPSA) is 54.8 Å². The van der Waals surface area contributed by atoms with Crippen molar-refractivity contribution in [2.45, 2.75) is 6.42 Å². The maximum Gasteiger partial charge on any atom is 0.257 e. The average molecular weight is 387 g/mol. The molecule has 1 aromatic rings. The molecule has 1 aliphatic rings. The number of carbonyl (C=O) groups is 1. The molecule has 1 fully saturated rings. The molecule has 7 heteroatoms. The molecule has 0 unspecified atom stereocenters. The van der Waals surface area contributed by atoms with Crippen molar-refractivity contribution in [2.75, 3.05) is 39.4 Å². The van der Waals surface area contributed by atoms with Crippen molar-refractivity contribution in [3.8, 4) is 0 Å². The highest BCUT2D eigenvalue weighted by molar-refractivity contribution is 9.10. The van der Waals surface area contributed by atoms with Gasteiger partial charge in [-0.15, -0.1) is 0 Å². The SMILES string of the molecule is O=C(NC(=S)NCCC[NH+]1CCOCC1)c1ccc(Br)cc1. The number of hydrogen-bond acceptors (Lipinski definition) is 3. The highest BCUT2D eigenvalue weighted by Crippen LogP contribution is 2.10. The molecule has 2 rings (SSSR count). The fraction of sp³-hybridized carbons (Fsp3) is 0.467. The Kier molecular flexibility index (Phi) is 7.24. The lowest BCUT2D eigenvalue weighted by molar-refractivity contribution is -0.908. The monoisotopic (exact) mass is 386 g/mol. The van der Waals surface area contributed by atoms with Crippen LogP contribution in [-0.2, 0) is 4.74 Å². The number of rotatable bonds is 5. The summed E-state index contributed by atoms with van der Waals surface area (Å²) in [4.78, 5) is 13.5. The first kappa shape index (κ1) is 17.3. The van der Waals surface area contributed by atoms with Crippen molar-refractivity contribution in [1.29, 1.82) is 0 Å². The summed E-state index contributed by atoms with van der Waals surface area (Å²) in [7, 11) is 0. The zero-order valence-corrected chi connectivity index (χ0v) is 14.8. The molecule has 22 heavy (non-hydrogen) atoms. The van der Waals surface area contributed by atoms with Gasteiger partial charge in [-0.1, -0.05) is 15.9 Å². The number of morpholine rings is 1. The zero-order valence-electron chi connectivity index (χ0n) is 12.4. The van der Waals surface area contributed by atoms with Gasteiger partial charge in [-0.25, -0.2) is 0 Å². The second kappa shape index (κ2) is 9.19. The van der Waals surface area contributed by atoms with Crippen molar-refractivity contribution < 1.29 is 14.4 Å². The van der Waals surface area contributed by atoms with E-state index in [2.05, 4.69) is 26.6 Å². The number of nitrogens with one attached hydrogen (secondary N) is 3. The molecule has 0 radical (unpaired) electrons.